The van der Waals surface area contributed by atoms with Gasteiger partial charge in [-0.3, -0.25) is 9.69 Å². The molecule has 0 radical (unpaired) electrons. The zero-order valence-corrected chi connectivity index (χ0v) is 14.6. The van der Waals surface area contributed by atoms with Crippen LogP contribution in [0.2, 0.25) is 0 Å². The third-order valence-corrected chi connectivity index (χ3v) is 5.57. The average molecular weight is 353 g/mol. The molecule has 1 aromatic carbocycles. The molecule has 1 aliphatic heterocycles. The summed E-state index contributed by atoms with van der Waals surface area (Å²) in [6, 6.07) is 10.1. The summed E-state index contributed by atoms with van der Waals surface area (Å²) in [5, 5.41) is 20.2. The Bertz CT molecular complexity index is 765. The lowest BCUT2D eigenvalue weighted by Crippen LogP contribution is -2.34. The van der Waals surface area contributed by atoms with E-state index in [1.807, 2.05) is 18.2 Å². The van der Waals surface area contributed by atoms with Crippen LogP contribution in [0.1, 0.15) is 29.0 Å². The van der Waals surface area contributed by atoms with Gasteiger partial charge in [0.05, 0.1) is 24.5 Å². The maximum absolute atomic E-state index is 12.3. The quantitative estimate of drug-likeness (QED) is 0.796. The molecule has 26 heavy (non-hydrogen) atoms. The van der Waals surface area contributed by atoms with Crippen LogP contribution in [0.5, 0.6) is 5.75 Å². The second-order valence-electron chi connectivity index (χ2n) is 7.70. The van der Waals surface area contributed by atoms with Gasteiger partial charge in [0.25, 0.3) is 0 Å². The van der Waals surface area contributed by atoms with Crippen LogP contribution >= 0.6 is 0 Å². The first-order valence-corrected chi connectivity index (χ1v) is 9.04. The van der Waals surface area contributed by atoms with Gasteiger partial charge in [-0.1, -0.05) is 30.3 Å². The summed E-state index contributed by atoms with van der Waals surface area (Å²) in [6.45, 7) is 1.94. The van der Waals surface area contributed by atoms with E-state index < -0.39 is 5.60 Å². The van der Waals surface area contributed by atoms with Gasteiger partial charge in [-0.2, -0.15) is 0 Å². The van der Waals surface area contributed by atoms with Gasteiger partial charge in [0.2, 0.25) is 5.78 Å². The molecule has 6 nitrogen and oxygen atoms in total. The Hall–Kier alpha value is -2.31. The van der Waals surface area contributed by atoms with Crippen LogP contribution < -0.4 is 0 Å². The first-order chi connectivity index (χ1) is 12.5. The molecule has 0 unspecified atom stereocenters. The molecule has 1 saturated carbocycles. The number of nitrogens with zero attached hydrogens (tertiary/aromatic N) is 3. The van der Waals surface area contributed by atoms with Crippen LogP contribution in [-0.4, -0.2) is 56.1 Å². The largest absolute Gasteiger partial charge is 0.505 e. The van der Waals surface area contributed by atoms with Gasteiger partial charge < -0.3 is 10.2 Å². The standard InChI is InChI=1S/C20H23N3O3/c24-17-9-21-19(22-10-17)18(25)13-23-11-15-7-20(26,8-16(15)12-23)6-14-4-2-1-3-5-14/h1-5,9-10,15-16,24,26H,6-8,11-13H2/t15-,16-/m0/s1. The fraction of sp³-hybridized carbons (Fsp3) is 0.450. The predicted octanol–water partition coefficient (Wildman–Crippen LogP) is 1.68. The topological polar surface area (TPSA) is 86.6 Å². The van der Waals surface area contributed by atoms with Crippen LogP contribution in [0, 0.1) is 11.8 Å². The summed E-state index contributed by atoms with van der Waals surface area (Å²) in [7, 11) is 0. The molecule has 2 fully saturated rings. The van der Waals surface area contributed by atoms with E-state index in [9.17, 15) is 15.0 Å². The molecule has 6 heteroatoms. The molecule has 4 rings (SSSR count). The number of hydrogen-bond acceptors (Lipinski definition) is 6. The van der Waals surface area contributed by atoms with Crippen molar-refractivity contribution in [1.29, 1.82) is 0 Å². The average Bonchev–Trinajstić information content (AvgIpc) is 3.10. The number of Topliss-reactive ketones (excluding diaryl/α,β-unsaturated/α-hetero) is 1. The first kappa shape index (κ1) is 17.1. The van der Waals surface area contributed by atoms with Gasteiger partial charge in [-0.05, 0) is 30.2 Å². The minimum atomic E-state index is -0.632. The molecule has 1 saturated heterocycles. The summed E-state index contributed by atoms with van der Waals surface area (Å²) < 4.78 is 0. The summed E-state index contributed by atoms with van der Waals surface area (Å²) in [5.74, 6) is 0.814. The Morgan fingerprint density at radius 1 is 1.12 bits per heavy atom. The van der Waals surface area contributed by atoms with Crippen molar-refractivity contribution >= 4 is 5.78 Å². The van der Waals surface area contributed by atoms with Crippen molar-refractivity contribution in [3.8, 4) is 5.75 Å². The number of carbonyl (C=O) groups excluding carboxylic acids is 1. The number of likely N-dealkylation sites (tertiary alicyclic amines) is 1. The second-order valence-corrected chi connectivity index (χ2v) is 7.70. The minimum Gasteiger partial charge on any atom is -0.505 e. The van der Waals surface area contributed by atoms with Gasteiger partial charge in [0, 0.05) is 19.5 Å². The Labute approximate surface area is 152 Å². The Balaban J connectivity index is 1.33. The van der Waals surface area contributed by atoms with E-state index in [1.165, 1.54) is 18.0 Å². The highest BCUT2D eigenvalue weighted by Gasteiger charge is 2.48. The SMILES string of the molecule is O=C(CN1C[C@@H]2CC(O)(Cc3ccccc3)C[C@H]2C1)c1ncc(O)cn1. The molecule has 0 amide bonds. The van der Waals surface area contributed by atoms with Gasteiger partial charge in [-0.25, -0.2) is 9.97 Å². The fourth-order valence-electron chi connectivity index (χ4n) is 4.55. The zero-order valence-electron chi connectivity index (χ0n) is 14.6. The van der Waals surface area contributed by atoms with Gasteiger partial charge in [0.1, 0.15) is 0 Å². The van der Waals surface area contributed by atoms with E-state index in [1.54, 1.807) is 0 Å². The van der Waals surface area contributed by atoms with Gasteiger partial charge >= 0.3 is 0 Å². The van der Waals surface area contributed by atoms with Crippen LogP contribution in [0.25, 0.3) is 0 Å². The van der Waals surface area contributed by atoms with Gasteiger partial charge in [-0.15, -0.1) is 0 Å². The number of aliphatic hydroxyl groups is 1. The number of carbonyl (C=O) groups is 1. The third kappa shape index (κ3) is 3.61. The highest BCUT2D eigenvalue weighted by Crippen LogP contribution is 2.45. The fourth-order valence-corrected chi connectivity index (χ4v) is 4.55. The van der Waals surface area contributed by atoms with Crippen molar-refractivity contribution in [1.82, 2.24) is 14.9 Å². The molecule has 2 aromatic rings. The molecule has 1 aromatic heterocycles. The van der Waals surface area contributed by atoms with E-state index in [0.29, 0.717) is 18.3 Å². The van der Waals surface area contributed by atoms with Crippen molar-refractivity contribution in [3.05, 3.63) is 54.1 Å². The highest BCUT2D eigenvalue weighted by molar-refractivity contribution is 5.94. The number of rotatable bonds is 5. The van der Waals surface area contributed by atoms with E-state index in [2.05, 4.69) is 27.0 Å². The predicted molar refractivity (Wildman–Crippen MR) is 95.8 cm³/mol. The van der Waals surface area contributed by atoms with Crippen LogP contribution in [0.3, 0.4) is 0 Å². The molecule has 2 heterocycles. The van der Waals surface area contributed by atoms with Crippen molar-refractivity contribution in [3.63, 3.8) is 0 Å². The van der Waals surface area contributed by atoms with Crippen molar-refractivity contribution in [2.75, 3.05) is 19.6 Å². The molecule has 2 atom stereocenters. The van der Waals surface area contributed by atoms with E-state index in [4.69, 9.17) is 0 Å². The summed E-state index contributed by atoms with van der Waals surface area (Å²) in [5.41, 5.74) is 0.541. The third-order valence-electron chi connectivity index (χ3n) is 5.57. The van der Waals surface area contributed by atoms with Gasteiger partial charge in [0.15, 0.2) is 11.6 Å². The molecule has 2 aliphatic rings. The lowest BCUT2D eigenvalue weighted by Gasteiger charge is -2.25. The molecule has 1 aliphatic carbocycles. The molecule has 136 valence electrons. The molecular formula is C20H23N3O3. The number of ketones is 1. The minimum absolute atomic E-state index is 0.0463. The van der Waals surface area contributed by atoms with Crippen LogP contribution in [0.4, 0.5) is 0 Å². The lowest BCUT2D eigenvalue weighted by atomic mass is 9.91. The second kappa shape index (κ2) is 6.78. The van der Waals surface area contributed by atoms with Crippen LogP contribution in [0.15, 0.2) is 42.7 Å². The Morgan fingerprint density at radius 3 is 2.35 bits per heavy atom. The number of hydrogen-bond donors (Lipinski definition) is 2. The molecular weight excluding hydrogens is 330 g/mol. The lowest BCUT2D eigenvalue weighted by molar-refractivity contribution is 0.0355. The summed E-state index contributed by atoms with van der Waals surface area (Å²) in [6.07, 6.45) is 4.74. The summed E-state index contributed by atoms with van der Waals surface area (Å²) in [4.78, 5) is 22.2. The van der Waals surface area contributed by atoms with E-state index in [-0.39, 0.29) is 23.9 Å². The number of fused-ring (bicyclic) bond motifs is 1. The number of aromatic hydroxyl groups is 1. The summed E-state index contributed by atoms with van der Waals surface area (Å²) >= 11 is 0. The van der Waals surface area contributed by atoms with E-state index in [0.717, 1.165) is 25.9 Å². The molecule has 0 bridgehead atoms. The first-order valence-electron chi connectivity index (χ1n) is 9.04. The van der Waals surface area contributed by atoms with E-state index >= 15 is 0 Å². The maximum Gasteiger partial charge on any atom is 0.213 e. The van der Waals surface area contributed by atoms with Crippen molar-refractivity contribution in [2.24, 2.45) is 11.8 Å². The van der Waals surface area contributed by atoms with Crippen LogP contribution in [-0.2, 0) is 6.42 Å². The zero-order chi connectivity index (χ0) is 18.1. The normalized spacial score (nSPS) is 24.5. The highest BCUT2D eigenvalue weighted by atomic mass is 16.3. The molecule has 2 N–H and O–H groups in total. The Kier molecular flexibility index (Phi) is 4.46. The van der Waals surface area contributed by atoms with Crippen molar-refractivity contribution < 1.29 is 15.0 Å². The van der Waals surface area contributed by atoms with Crippen molar-refractivity contribution in [2.45, 2.75) is 24.9 Å². The number of aromatic nitrogens is 2. The number of benzene rings is 1. The Morgan fingerprint density at radius 2 is 1.73 bits per heavy atom. The maximum atomic E-state index is 12.3. The smallest absolute Gasteiger partial charge is 0.213 e. The molecule has 0 spiro atoms. The monoisotopic (exact) mass is 353 g/mol.